The van der Waals surface area contributed by atoms with Gasteiger partial charge in [-0.3, -0.25) is 4.72 Å². The molecule has 0 fully saturated rings. The van der Waals surface area contributed by atoms with Gasteiger partial charge in [0.15, 0.2) is 0 Å². The highest BCUT2D eigenvalue weighted by Crippen LogP contribution is 2.24. The van der Waals surface area contributed by atoms with Crippen LogP contribution in [0, 0.1) is 5.82 Å². The van der Waals surface area contributed by atoms with Crippen molar-refractivity contribution in [1.82, 2.24) is 0 Å². The fourth-order valence-electron chi connectivity index (χ4n) is 1.19. The average Bonchev–Trinajstić information content (AvgIpc) is 2.22. The van der Waals surface area contributed by atoms with Crippen LogP contribution in [0.25, 0.3) is 0 Å². The van der Waals surface area contributed by atoms with Crippen molar-refractivity contribution in [3.8, 4) is 0 Å². The van der Waals surface area contributed by atoms with Gasteiger partial charge in [0.25, 0.3) is 0 Å². The summed E-state index contributed by atoms with van der Waals surface area (Å²) in [4.78, 5) is 0. The smallest absolute Gasteiger partial charge is 0.235 e. The minimum atomic E-state index is -3.54. The van der Waals surface area contributed by atoms with E-state index in [2.05, 4.69) is 20.7 Å². The zero-order chi connectivity index (χ0) is 13.8. The summed E-state index contributed by atoms with van der Waals surface area (Å²) >= 11 is 3.15. The van der Waals surface area contributed by atoms with E-state index in [0.717, 1.165) is 6.07 Å². The van der Waals surface area contributed by atoms with Crippen molar-refractivity contribution in [3.63, 3.8) is 0 Å². The largest absolute Gasteiger partial charge is 0.378 e. The van der Waals surface area contributed by atoms with Gasteiger partial charge in [-0.05, 0) is 48.0 Å². The fraction of sp³-hybridized carbons (Fsp3) is 0.455. The molecular formula is C11H15BrFNO3S. The molecule has 0 aliphatic rings. The van der Waals surface area contributed by atoms with E-state index in [0.29, 0.717) is 4.47 Å². The van der Waals surface area contributed by atoms with Crippen LogP contribution in [0.1, 0.15) is 13.8 Å². The molecule has 0 saturated heterocycles. The maximum absolute atomic E-state index is 13.0. The lowest BCUT2D eigenvalue weighted by molar-refractivity contribution is 0.0913. The van der Waals surface area contributed by atoms with Gasteiger partial charge in [-0.2, -0.15) is 0 Å². The molecule has 0 heterocycles. The van der Waals surface area contributed by atoms with E-state index in [1.165, 1.54) is 12.1 Å². The van der Waals surface area contributed by atoms with Crippen molar-refractivity contribution in [1.29, 1.82) is 0 Å². The Labute approximate surface area is 115 Å². The summed E-state index contributed by atoms with van der Waals surface area (Å²) in [6.07, 6.45) is -0.0268. The van der Waals surface area contributed by atoms with Crippen molar-refractivity contribution in [2.24, 2.45) is 0 Å². The van der Waals surface area contributed by atoms with Gasteiger partial charge in [0.05, 0.1) is 24.2 Å². The first-order valence-electron chi connectivity index (χ1n) is 5.37. The maximum Gasteiger partial charge on any atom is 0.235 e. The van der Waals surface area contributed by atoms with Crippen LogP contribution < -0.4 is 4.72 Å². The van der Waals surface area contributed by atoms with Crippen molar-refractivity contribution in [3.05, 3.63) is 28.5 Å². The Morgan fingerprint density at radius 3 is 2.72 bits per heavy atom. The molecule has 0 spiro atoms. The van der Waals surface area contributed by atoms with Crippen LogP contribution >= 0.6 is 15.9 Å². The molecular weight excluding hydrogens is 325 g/mol. The molecule has 4 nitrogen and oxygen atoms in total. The Morgan fingerprint density at radius 2 is 2.11 bits per heavy atom. The topological polar surface area (TPSA) is 55.4 Å². The molecule has 0 bridgehead atoms. The van der Waals surface area contributed by atoms with Crippen molar-refractivity contribution in [2.45, 2.75) is 20.0 Å². The molecule has 0 saturated carbocycles. The molecule has 1 N–H and O–H groups in total. The third-order valence-corrected chi connectivity index (χ3v) is 3.92. The molecule has 1 rings (SSSR count). The molecule has 7 heteroatoms. The number of nitrogens with one attached hydrogen (secondary N) is 1. The van der Waals surface area contributed by atoms with E-state index in [9.17, 15) is 12.8 Å². The zero-order valence-electron chi connectivity index (χ0n) is 10.1. The maximum atomic E-state index is 13.0. The molecule has 102 valence electrons. The summed E-state index contributed by atoms with van der Waals surface area (Å²) in [5.41, 5.74) is 0.180. The zero-order valence-corrected chi connectivity index (χ0v) is 12.5. The minimum absolute atomic E-state index is 0.0268. The summed E-state index contributed by atoms with van der Waals surface area (Å²) < 4.78 is 44.4. The number of ether oxygens (including phenoxy) is 1. The number of hydrogen-bond acceptors (Lipinski definition) is 3. The Balaban J connectivity index is 2.67. The highest BCUT2D eigenvalue weighted by Gasteiger charge is 2.13. The molecule has 1 aromatic carbocycles. The molecule has 18 heavy (non-hydrogen) atoms. The average molecular weight is 340 g/mol. The standard InChI is InChI=1S/C11H15BrFNO3S/c1-8(2)17-5-6-18(15,16)14-11-7-9(13)3-4-10(11)12/h3-4,7-8,14H,5-6H2,1-2H3. The second-order valence-electron chi connectivity index (χ2n) is 3.96. The quantitative estimate of drug-likeness (QED) is 0.866. The molecule has 0 radical (unpaired) electrons. The summed E-state index contributed by atoms with van der Waals surface area (Å²) in [6.45, 7) is 3.74. The molecule has 0 atom stereocenters. The van der Waals surface area contributed by atoms with Gasteiger partial charge in [0, 0.05) is 4.47 Å². The van der Waals surface area contributed by atoms with E-state index in [4.69, 9.17) is 4.74 Å². The predicted molar refractivity (Wildman–Crippen MR) is 72.6 cm³/mol. The van der Waals surface area contributed by atoms with Crippen LogP contribution in [0.3, 0.4) is 0 Å². The third kappa shape index (κ3) is 5.32. The van der Waals surface area contributed by atoms with Crippen LogP contribution in [-0.4, -0.2) is 26.9 Å². The van der Waals surface area contributed by atoms with Gasteiger partial charge in [-0.15, -0.1) is 0 Å². The minimum Gasteiger partial charge on any atom is -0.378 e. The van der Waals surface area contributed by atoms with Crippen molar-refractivity contribution >= 4 is 31.6 Å². The highest BCUT2D eigenvalue weighted by atomic mass is 79.9. The lowest BCUT2D eigenvalue weighted by Gasteiger charge is -2.11. The van der Waals surface area contributed by atoms with Gasteiger partial charge in [-0.1, -0.05) is 0 Å². The molecule has 0 amide bonds. The summed E-state index contributed by atoms with van der Waals surface area (Å²) in [5.74, 6) is -0.678. The van der Waals surface area contributed by atoms with Crippen LogP contribution in [0.2, 0.25) is 0 Å². The summed E-state index contributed by atoms with van der Waals surface area (Å²) in [6, 6.07) is 3.80. The number of sulfonamides is 1. The Hall–Kier alpha value is -0.660. The van der Waals surface area contributed by atoms with Crippen molar-refractivity contribution < 1.29 is 17.5 Å². The molecule has 0 aromatic heterocycles. The molecule has 0 aliphatic carbocycles. The molecule has 0 aliphatic heterocycles. The van der Waals surface area contributed by atoms with E-state index in [1.807, 2.05) is 13.8 Å². The monoisotopic (exact) mass is 339 g/mol. The van der Waals surface area contributed by atoms with E-state index < -0.39 is 15.8 Å². The Morgan fingerprint density at radius 1 is 1.44 bits per heavy atom. The number of hydrogen-bond donors (Lipinski definition) is 1. The molecule has 0 unspecified atom stereocenters. The van der Waals surface area contributed by atoms with Crippen LogP contribution in [0.15, 0.2) is 22.7 Å². The van der Waals surface area contributed by atoms with Crippen LogP contribution in [0.5, 0.6) is 0 Å². The van der Waals surface area contributed by atoms with Gasteiger partial charge in [0.1, 0.15) is 5.82 Å². The predicted octanol–water partition coefficient (Wildman–Crippen LogP) is 2.75. The van der Waals surface area contributed by atoms with Crippen molar-refractivity contribution in [2.75, 3.05) is 17.1 Å². The van der Waals surface area contributed by atoms with Gasteiger partial charge in [0.2, 0.25) is 10.0 Å². The van der Waals surface area contributed by atoms with Crippen LogP contribution in [0.4, 0.5) is 10.1 Å². The Kier molecular flexibility index (Phi) is 5.55. The van der Waals surface area contributed by atoms with E-state index in [1.54, 1.807) is 0 Å². The van der Waals surface area contributed by atoms with E-state index in [-0.39, 0.29) is 24.2 Å². The fourth-order valence-corrected chi connectivity index (χ4v) is 2.59. The SMILES string of the molecule is CC(C)OCCS(=O)(=O)Nc1cc(F)ccc1Br. The molecule has 1 aromatic rings. The highest BCUT2D eigenvalue weighted by molar-refractivity contribution is 9.10. The normalized spacial score (nSPS) is 11.8. The van der Waals surface area contributed by atoms with Gasteiger partial charge < -0.3 is 4.74 Å². The number of benzene rings is 1. The number of anilines is 1. The first kappa shape index (κ1) is 15.4. The summed E-state index contributed by atoms with van der Waals surface area (Å²) in [5, 5.41) is 0. The summed E-state index contributed by atoms with van der Waals surface area (Å²) in [7, 11) is -3.54. The van der Waals surface area contributed by atoms with Crippen LogP contribution in [-0.2, 0) is 14.8 Å². The lowest BCUT2D eigenvalue weighted by Crippen LogP contribution is -2.21. The number of halogens is 2. The first-order chi connectivity index (χ1) is 8.30. The second-order valence-corrected chi connectivity index (χ2v) is 6.66. The first-order valence-corrected chi connectivity index (χ1v) is 7.82. The van der Waals surface area contributed by atoms with Gasteiger partial charge in [-0.25, -0.2) is 12.8 Å². The lowest BCUT2D eigenvalue weighted by atomic mass is 10.3. The number of rotatable bonds is 6. The van der Waals surface area contributed by atoms with Gasteiger partial charge >= 0.3 is 0 Å². The van der Waals surface area contributed by atoms with E-state index >= 15 is 0 Å². The Bertz CT molecular complexity index is 505. The second kappa shape index (κ2) is 6.49. The third-order valence-electron chi connectivity index (χ3n) is 2.00.